The average Bonchev–Trinajstić information content (AvgIpc) is 2.68. The van der Waals surface area contributed by atoms with Crippen LogP contribution in [0.25, 0.3) is 10.8 Å². The number of fused-ring (bicyclic) bond motifs is 1. The lowest BCUT2D eigenvalue weighted by molar-refractivity contribution is -0.122. The van der Waals surface area contributed by atoms with Gasteiger partial charge in [0.05, 0.1) is 0 Å². The molecule has 0 bridgehead atoms. The molecule has 1 amide bonds. The maximum Gasteiger partial charge on any atom is 0.265 e. The number of benzene rings is 3. The Balaban J connectivity index is 1.81. The first-order valence-corrected chi connectivity index (χ1v) is 9.20. The molecule has 0 saturated heterocycles. The van der Waals surface area contributed by atoms with E-state index in [1.807, 2.05) is 48.5 Å². The van der Waals surface area contributed by atoms with Crippen LogP contribution >= 0.6 is 0 Å². The summed E-state index contributed by atoms with van der Waals surface area (Å²) in [6, 6.07) is 20.1. The van der Waals surface area contributed by atoms with Crippen molar-refractivity contribution in [3.05, 3.63) is 71.8 Å². The lowest BCUT2D eigenvalue weighted by Gasteiger charge is -2.19. The van der Waals surface area contributed by atoms with Crippen LogP contribution in [0.2, 0.25) is 0 Å². The molecule has 0 fully saturated rings. The van der Waals surface area contributed by atoms with Crippen LogP contribution in [0.15, 0.2) is 60.7 Å². The number of anilines is 1. The summed E-state index contributed by atoms with van der Waals surface area (Å²) in [7, 11) is 0. The number of nitrogens with one attached hydrogen (secondary N) is 1. The van der Waals surface area contributed by atoms with Crippen molar-refractivity contribution in [1.82, 2.24) is 0 Å². The van der Waals surface area contributed by atoms with Crippen LogP contribution < -0.4 is 10.1 Å². The van der Waals surface area contributed by atoms with E-state index >= 15 is 0 Å². The Kier molecular flexibility index (Phi) is 5.57. The molecular weight excluding hydrogens is 322 g/mol. The van der Waals surface area contributed by atoms with Crippen LogP contribution in [-0.2, 0) is 17.6 Å². The molecule has 26 heavy (non-hydrogen) atoms. The zero-order chi connectivity index (χ0) is 18.5. The minimum Gasteiger partial charge on any atom is -0.480 e. The lowest BCUT2D eigenvalue weighted by Crippen LogP contribution is -2.31. The fourth-order valence-corrected chi connectivity index (χ4v) is 3.17. The molecule has 0 aliphatic heterocycles. The number of hydrogen-bond acceptors (Lipinski definition) is 2. The third-order valence-electron chi connectivity index (χ3n) is 4.67. The monoisotopic (exact) mass is 347 g/mol. The van der Waals surface area contributed by atoms with E-state index in [9.17, 15) is 4.79 Å². The minimum atomic E-state index is -0.588. The summed E-state index contributed by atoms with van der Waals surface area (Å²) in [5, 5.41) is 5.20. The molecule has 0 unspecified atom stereocenters. The van der Waals surface area contributed by atoms with E-state index in [2.05, 4.69) is 31.3 Å². The van der Waals surface area contributed by atoms with Gasteiger partial charge in [0.25, 0.3) is 5.91 Å². The predicted molar refractivity (Wildman–Crippen MR) is 108 cm³/mol. The molecule has 3 nitrogen and oxygen atoms in total. The quantitative estimate of drug-likeness (QED) is 0.651. The van der Waals surface area contributed by atoms with Gasteiger partial charge in [-0.05, 0) is 42.3 Å². The van der Waals surface area contributed by atoms with E-state index in [0.29, 0.717) is 0 Å². The molecule has 134 valence electrons. The largest absolute Gasteiger partial charge is 0.480 e. The van der Waals surface area contributed by atoms with E-state index in [1.165, 1.54) is 0 Å². The zero-order valence-electron chi connectivity index (χ0n) is 15.6. The molecule has 0 heterocycles. The van der Waals surface area contributed by atoms with Crippen LogP contribution in [0.3, 0.4) is 0 Å². The molecule has 0 aliphatic carbocycles. The lowest BCUT2D eigenvalue weighted by atomic mass is 10.0. The fraction of sp³-hybridized carbons (Fsp3) is 0.261. The molecule has 1 N–H and O–H groups in total. The zero-order valence-corrected chi connectivity index (χ0v) is 15.6. The van der Waals surface area contributed by atoms with Crippen molar-refractivity contribution >= 4 is 22.4 Å². The molecule has 3 aromatic rings. The van der Waals surface area contributed by atoms with Gasteiger partial charge in [0.15, 0.2) is 6.10 Å². The van der Waals surface area contributed by atoms with Gasteiger partial charge in [-0.15, -0.1) is 0 Å². The second-order valence-electron chi connectivity index (χ2n) is 6.38. The summed E-state index contributed by atoms with van der Waals surface area (Å²) in [6.45, 7) is 5.98. The number of carbonyl (C=O) groups excluding carboxylic acids is 1. The van der Waals surface area contributed by atoms with Gasteiger partial charge in [0.2, 0.25) is 0 Å². The van der Waals surface area contributed by atoms with E-state index in [1.54, 1.807) is 6.92 Å². The molecule has 3 heteroatoms. The Morgan fingerprint density at radius 2 is 1.54 bits per heavy atom. The Morgan fingerprint density at radius 3 is 2.23 bits per heavy atom. The number of ether oxygens (including phenoxy) is 1. The van der Waals surface area contributed by atoms with Crippen molar-refractivity contribution in [3.63, 3.8) is 0 Å². The van der Waals surface area contributed by atoms with E-state index in [0.717, 1.165) is 46.2 Å². The second-order valence-corrected chi connectivity index (χ2v) is 6.38. The highest BCUT2D eigenvalue weighted by Gasteiger charge is 2.18. The van der Waals surface area contributed by atoms with Gasteiger partial charge < -0.3 is 10.1 Å². The van der Waals surface area contributed by atoms with E-state index in [-0.39, 0.29) is 5.91 Å². The van der Waals surface area contributed by atoms with Crippen molar-refractivity contribution in [2.24, 2.45) is 0 Å². The highest BCUT2D eigenvalue weighted by atomic mass is 16.5. The molecule has 0 spiro atoms. The molecule has 0 aromatic heterocycles. The minimum absolute atomic E-state index is 0.131. The number of aryl methyl sites for hydroxylation is 2. The molecule has 0 radical (unpaired) electrons. The van der Waals surface area contributed by atoms with E-state index in [4.69, 9.17) is 4.74 Å². The van der Waals surface area contributed by atoms with Crippen molar-refractivity contribution in [2.45, 2.75) is 39.7 Å². The van der Waals surface area contributed by atoms with Gasteiger partial charge in [-0.3, -0.25) is 4.79 Å². The topological polar surface area (TPSA) is 38.3 Å². The smallest absolute Gasteiger partial charge is 0.265 e. The predicted octanol–water partition coefficient (Wildman–Crippen LogP) is 5.37. The number of para-hydroxylation sites is 1. The standard InChI is InChI=1S/C23H25NO2/c1-4-17-11-8-12-18(5-2)22(17)24-23(25)16(3)26-21-15-9-13-19-10-6-7-14-20(19)21/h6-16H,4-5H2,1-3H3,(H,24,25)/t16-/m1/s1. The first kappa shape index (κ1) is 18.0. The number of carbonyl (C=O) groups is 1. The third-order valence-corrected chi connectivity index (χ3v) is 4.67. The summed E-state index contributed by atoms with van der Waals surface area (Å²) in [6.07, 6.45) is 1.17. The maximum absolute atomic E-state index is 12.8. The normalized spacial score (nSPS) is 12.0. The van der Waals surface area contributed by atoms with Crippen molar-refractivity contribution in [2.75, 3.05) is 5.32 Å². The van der Waals surface area contributed by atoms with Crippen LogP contribution in [-0.4, -0.2) is 12.0 Å². The van der Waals surface area contributed by atoms with Crippen LogP contribution in [0, 0.1) is 0 Å². The summed E-state index contributed by atoms with van der Waals surface area (Å²) in [4.78, 5) is 12.8. The van der Waals surface area contributed by atoms with Gasteiger partial charge in [-0.25, -0.2) is 0 Å². The second kappa shape index (κ2) is 8.05. The Hall–Kier alpha value is -2.81. The molecular formula is C23H25NO2. The van der Waals surface area contributed by atoms with Crippen LogP contribution in [0.5, 0.6) is 5.75 Å². The van der Waals surface area contributed by atoms with Crippen molar-refractivity contribution in [3.8, 4) is 5.75 Å². The number of amides is 1. The Labute approximate surface area is 155 Å². The number of hydrogen-bond donors (Lipinski definition) is 1. The Bertz CT molecular complexity index is 889. The molecule has 3 aromatic carbocycles. The summed E-state index contributed by atoms with van der Waals surface area (Å²) in [5.41, 5.74) is 3.22. The molecule has 1 atom stereocenters. The summed E-state index contributed by atoms with van der Waals surface area (Å²) in [5.74, 6) is 0.596. The van der Waals surface area contributed by atoms with Gasteiger partial charge in [0.1, 0.15) is 5.75 Å². The third kappa shape index (κ3) is 3.72. The van der Waals surface area contributed by atoms with Gasteiger partial charge in [0, 0.05) is 11.1 Å². The van der Waals surface area contributed by atoms with Crippen LogP contribution in [0.4, 0.5) is 5.69 Å². The van der Waals surface area contributed by atoms with Gasteiger partial charge in [-0.1, -0.05) is 68.4 Å². The fourth-order valence-electron chi connectivity index (χ4n) is 3.17. The van der Waals surface area contributed by atoms with Crippen LogP contribution in [0.1, 0.15) is 31.9 Å². The average molecular weight is 347 g/mol. The summed E-state index contributed by atoms with van der Waals surface area (Å²) >= 11 is 0. The van der Waals surface area contributed by atoms with E-state index < -0.39 is 6.10 Å². The SMILES string of the molecule is CCc1cccc(CC)c1NC(=O)[C@@H](C)Oc1cccc2ccccc12. The molecule has 0 aliphatic rings. The molecule has 0 saturated carbocycles. The summed E-state index contributed by atoms with van der Waals surface area (Å²) < 4.78 is 6.00. The van der Waals surface area contributed by atoms with Crippen molar-refractivity contribution in [1.29, 1.82) is 0 Å². The highest BCUT2D eigenvalue weighted by molar-refractivity contribution is 5.96. The number of rotatable bonds is 6. The van der Waals surface area contributed by atoms with Gasteiger partial charge >= 0.3 is 0 Å². The first-order chi connectivity index (χ1) is 12.6. The van der Waals surface area contributed by atoms with Gasteiger partial charge in [-0.2, -0.15) is 0 Å². The maximum atomic E-state index is 12.8. The highest BCUT2D eigenvalue weighted by Crippen LogP contribution is 2.27. The Morgan fingerprint density at radius 1 is 0.923 bits per heavy atom. The molecule has 3 rings (SSSR count). The van der Waals surface area contributed by atoms with Crippen molar-refractivity contribution < 1.29 is 9.53 Å². The first-order valence-electron chi connectivity index (χ1n) is 9.20.